The monoisotopic (exact) mass is 272 g/mol. The Morgan fingerprint density at radius 1 is 1.25 bits per heavy atom. The number of halogens is 1. The summed E-state index contributed by atoms with van der Waals surface area (Å²) in [5.74, 6) is -0.168. The molecule has 0 aliphatic rings. The second-order valence-electron chi connectivity index (χ2n) is 5.09. The summed E-state index contributed by atoms with van der Waals surface area (Å²) in [4.78, 5) is 4.16. The third-order valence-corrected chi connectivity index (χ3v) is 3.47. The number of aromatic nitrogens is 1. The number of benzene rings is 1. The molecule has 2 aromatic rings. The number of nitrogens with one attached hydrogen (secondary N) is 1. The zero-order valence-corrected chi connectivity index (χ0v) is 12.1. The third-order valence-electron chi connectivity index (χ3n) is 3.47. The zero-order chi connectivity index (χ0) is 14.4. The van der Waals surface area contributed by atoms with Gasteiger partial charge in [-0.3, -0.25) is 4.98 Å². The van der Waals surface area contributed by atoms with Gasteiger partial charge >= 0.3 is 0 Å². The van der Waals surface area contributed by atoms with Crippen molar-refractivity contribution in [3.05, 3.63) is 65.2 Å². The first-order valence-corrected chi connectivity index (χ1v) is 7.06. The van der Waals surface area contributed by atoms with E-state index in [9.17, 15) is 4.39 Å². The molecule has 1 unspecified atom stereocenters. The van der Waals surface area contributed by atoms with Gasteiger partial charge in [0, 0.05) is 18.4 Å². The van der Waals surface area contributed by atoms with Crippen LogP contribution in [0.5, 0.6) is 0 Å². The molecule has 1 aromatic heterocycles. The Morgan fingerprint density at radius 2 is 2.10 bits per heavy atom. The van der Waals surface area contributed by atoms with E-state index in [2.05, 4.69) is 23.3 Å². The van der Waals surface area contributed by atoms with Crippen molar-refractivity contribution in [3.8, 4) is 0 Å². The normalized spacial score (nSPS) is 12.3. The van der Waals surface area contributed by atoms with E-state index >= 15 is 0 Å². The summed E-state index contributed by atoms with van der Waals surface area (Å²) >= 11 is 0. The van der Waals surface area contributed by atoms with Gasteiger partial charge in [0.25, 0.3) is 0 Å². The predicted molar refractivity (Wildman–Crippen MR) is 80.2 cm³/mol. The Bertz CT molecular complexity index is 540. The van der Waals surface area contributed by atoms with Gasteiger partial charge in [-0.15, -0.1) is 0 Å². The molecule has 0 radical (unpaired) electrons. The van der Waals surface area contributed by atoms with Crippen LogP contribution in [0.1, 0.15) is 23.6 Å². The van der Waals surface area contributed by atoms with Crippen molar-refractivity contribution in [1.29, 1.82) is 0 Å². The van der Waals surface area contributed by atoms with Gasteiger partial charge in [0.2, 0.25) is 0 Å². The molecule has 106 valence electrons. The van der Waals surface area contributed by atoms with Gasteiger partial charge < -0.3 is 5.32 Å². The molecule has 2 nitrogen and oxygen atoms in total. The highest BCUT2D eigenvalue weighted by atomic mass is 19.1. The molecule has 0 amide bonds. The number of nitrogens with zero attached hydrogens (tertiary/aromatic N) is 1. The van der Waals surface area contributed by atoms with Crippen LogP contribution in [0, 0.1) is 12.7 Å². The van der Waals surface area contributed by atoms with Crippen molar-refractivity contribution in [2.45, 2.75) is 32.7 Å². The number of aryl methyl sites for hydroxylation is 1. The van der Waals surface area contributed by atoms with E-state index in [1.54, 1.807) is 12.3 Å². The fraction of sp³-hybridized carbons (Fsp3) is 0.353. The Labute approximate surface area is 120 Å². The summed E-state index contributed by atoms with van der Waals surface area (Å²) in [6.45, 7) is 4.99. The van der Waals surface area contributed by atoms with Crippen LogP contribution in [-0.2, 0) is 12.8 Å². The second-order valence-corrected chi connectivity index (χ2v) is 5.09. The molecule has 0 aliphatic heterocycles. The van der Waals surface area contributed by atoms with Gasteiger partial charge in [-0.1, -0.05) is 19.1 Å². The smallest absolute Gasteiger partial charge is 0.123 e. The summed E-state index contributed by atoms with van der Waals surface area (Å²) in [6, 6.07) is 9.42. The first kappa shape index (κ1) is 14.7. The summed E-state index contributed by atoms with van der Waals surface area (Å²) in [7, 11) is 0. The van der Waals surface area contributed by atoms with Gasteiger partial charge in [-0.2, -0.15) is 0 Å². The van der Waals surface area contributed by atoms with Crippen molar-refractivity contribution in [2.24, 2.45) is 0 Å². The maximum atomic E-state index is 13.2. The van der Waals surface area contributed by atoms with Crippen LogP contribution in [0.3, 0.4) is 0 Å². The van der Waals surface area contributed by atoms with Crippen LogP contribution in [-0.4, -0.2) is 17.6 Å². The van der Waals surface area contributed by atoms with Crippen molar-refractivity contribution in [1.82, 2.24) is 10.3 Å². The molecule has 1 heterocycles. The number of hydrogen-bond donors (Lipinski definition) is 1. The highest BCUT2D eigenvalue weighted by Gasteiger charge is 2.11. The van der Waals surface area contributed by atoms with Crippen LogP contribution >= 0.6 is 0 Å². The standard InChI is InChI=1S/C17H21FN2/c1-3-20-17(10-14-5-4-8-19-12-14)11-15-6-7-16(18)9-13(15)2/h4-9,12,17,20H,3,10-11H2,1-2H3. The first-order chi connectivity index (χ1) is 9.69. The predicted octanol–water partition coefficient (Wildman–Crippen LogP) is 3.29. The maximum Gasteiger partial charge on any atom is 0.123 e. The number of pyridine rings is 1. The topological polar surface area (TPSA) is 24.9 Å². The Balaban J connectivity index is 2.09. The molecule has 3 heteroatoms. The highest BCUT2D eigenvalue weighted by molar-refractivity contribution is 5.27. The summed E-state index contributed by atoms with van der Waals surface area (Å²) < 4.78 is 13.2. The molecule has 2 rings (SSSR count). The van der Waals surface area contributed by atoms with E-state index in [1.165, 1.54) is 17.2 Å². The van der Waals surface area contributed by atoms with Crippen molar-refractivity contribution in [3.63, 3.8) is 0 Å². The van der Waals surface area contributed by atoms with Gasteiger partial charge in [-0.05, 0) is 61.2 Å². The largest absolute Gasteiger partial charge is 0.314 e. The van der Waals surface area contributed by atoms with Gasteiger partial charge in [-0.25, -0.2) is 4.39 Å². The van der Waals surface area contributed by atoms with Gasteiger partial charge in [0.05, 0.1) is 0 Å². The minimum atomic E-state index is -0.168. The van der Waals surface area contributed by atoms with E-state index < -0.39 is 0 Å². The highest BCUT2D eigenvalue weighted by Crippen LogP contribution is 2.14. The van der Waals surface area contributed by atoms with Gasteiger partial charge in [0.15, 0.2) is 0 Å². The third kappa shape index (κ3) is 4.14. The number of likely N-dealkylation sites (N-methyl/N-ethyl adjacent to an activating group) is 1. The van der Waals surface area contributed by atoms with Crippen molar-refractivity contribution in [2.75, 3.05) is 6.54 Å². The molecule has 0 spiro atoms. The molecule has 0 aliphatic carbocycles. The van der Waals surface area contributed by atoms with Crippen LogP contribution in [0.2, 0.25) is 0 Å². The van der Waals surface area contributed by atoms with Crippen LogP contribution in [0.15, 0.2) is 42.7 Å². The fourth-order valence-electron chi connectivity index (χ4n) is 2.46. The SMILES string of the molecule is CCNC(Cc1cccnc1)Cc1ccc(F)cc1C. The van der Waals surface area contributed by atoms with E-state index in [0.29, 0.717) is 6.04 Å². The quantitative estimate of drug-likeness (QED) is 0.873. The molecule has 1 atom stereocenters. The van der Waals surface area contributed by atoms with Crippen molar-refractivity contribution < 1.29 is 4.39 Å². The minimum absolute atomic E-state index is 0.168. The Kier molecular flexibility index (Phi) is 5.24. The lowest BCUT2D eigenvalue weighted by Crippen LogP contribution is -2.33. The lowest BCUT2D eigenvalue weighted by atomic mass is 9.97. The van der Waals surface area contributed by atoms with E-state index in [-0.39, 0.29) is 5.82 Å². The average molecular weight is 272 g/mol. The molecule has 0 fully saturated rings. The van der Waals surface area contributed by atoms with E-state index in [0.717, 1.165) is 24.9 Å². The second kappa shape index (κ2) is 7.15. The Morgan fingerprint density at radius 3 is 2.75 bits per heavy atom. The number of hydrogen-bond acceptors (Lipinski definition) is 2. The summed E-state index contributed by atoms with van der Waals surface area (Å²) in [5, 5.41) is 3.50. The van der Waals surface area contributed by atoms with Crippen LogP contribution < -0.4 is 5.32 Å². The number of rotatable bonds is 6. The lowest BCUT2D eigenvalue weighted by Gasteiger charge is -2.19. The Hall–Kier alpha value is -1.74. The minimum Gasteiger partial charge on any atom is -0.314 e. The van der Waals surface area contributed by atoms with Crippen molar-refractivity contribution >= 4 is 0 Å². The summed E-state index contributed by atoms with van der Waals surface area (Å²) in [5.41, 5.74) is 3.43. The first-order valence-electron chi connectivity index (χ1n) is 7.06. The maximum absolute atomic E-state index is 13.2. The summed E-state index contributed by atoms with van der Waals surface area (Å²) in [6.07, 6.45) is 5.52. The molecule has 0 saturated heterocycles. The molecule has 20 heavy (non-hydrogen) atoms. The lowest BCUT2D eigenvalue weighted by molar-refractivity contribution is 0.519. The zero-order valence-electron chi connectivity index (χ0n) is 12.1. The van der Waals surface area contributed by atoms with Crippen LogP contribution in [0.25, 0.3) is 0 Å². The average Bonchev–Trinajstić information content (AvgIpc) is 2.43. The molecule has 1 aromatic carbocycles. The molecule has 0 bridgehead atoms. The van der Waals surface area contributed by atoms with Gasteiger partial charge in [0.1, 0.15) is 5.82 Å². The molecular weight excluding hydrogens is 251 g/mol. The van der Waals surface area contributed by atoms with Crippen LogP contribution in [0.4, 0.5) is 4.39 Å². The fourth-order valence-corrected chi connectivity index (χ4v) is 2.46. The molecular formula is C17H21FN2. The van der Waals surface area contributed by atoms with E-state index in [4.69, 9.17) is 0 Å². The van der Waals surface area contributed by atoms with E-state index in [1.807, 2.05) is 25.3 Å². The molecule has 0 saturated carbocycles. The molecule has 1 N–H and O–H groups in total.